The third kappa shape index (κ3) is 3.18. The molecule has 3 heteroatoms. The third-order valence-corrected chi connectivity index (χ3v) is 1.88. The molecule has 0 bridgehead atoms. The Labute approximate surface area is 68.5 Å². The van der Waals surface area contributed by atoms with Crippen molar-refractivity contribution in [2.24, 2.45) is 11.1 Å². The lowest BCUT2D eigenvalue weighted by atomic mass is 9.84. The van der Waals surface area contributed by atoms with E-state index in [9.17, 15) is 0 Å². The summed E-state index contributed by atoms with van der Waals surface area (Å²) in [6.45, 7) is 6.06. The predicted molar refractivity (Wildman–Crippen MR) is 45.3 cm³/mol. The topological polar surface area (TPSA) is 55.5 Å². The van der Waals surface area contributed by atoms with Crippen molar-refractivity contribution in [1.29, 1.82) is 0 Å². The minimum Gasteiger partial charge on any atom is -0.394 e. The molecule has 2 atom stereocenters. The summed E-state index contributed by atoms with van der Waals surface area (Å²) in [5.41, 5.74) is 5.81. The smallest absolute Gasteiger partial charge is 0.0957 e. The molecule has 2 unspecified atom stereocenters. The van der Waals surface area contributed by atoms with Crippen molar-refractivity contribution in [2.45, 2.75) is 32.9 Å². The summed E-state index contributed by atoms with van der Waals surface area (Å²) in [6.07, 6.45) is -0.255. The maximum Gasteiger partial charge on any atom is 0.0957 e. The highest BCUT2D eigenvalue weighted by Gasteiger charge is 2.28. The molecule has 0 heterocycles. The van der Waals surface area contributed by atoms with E-state index in [1.165, 1.54) is 0 Å². The van der Waals surface area contributed by atoms with Crippen molar-refractivity contribution in [3.8, 4) is 0 Å². The molecule has 0 aromatic rings. The number of aliphatic hydroxyl groups is 1. The molecule has 0 amide bonds. The van der Waals surface area contributed by atoms with Crippen LogP contribution in [-0.2, 0) is 4.74 Å². The van der Waals surface area contributed by atoms with Gasteiger partial charge in [0.2, 0.25) is 0 Å². The van der Waals surface area contributed by atoms with Crippen molar-refractivity contribution >= 4 is 0 Å². The summed E-state index contributed by atoms with van der Waals surface area (Å²) < 4.78 is 5.01. The Morgan fingerprint density at radius 1 is 1.45 bits per heavy atom. The number of nitrogens with two attached hydrogens (primary N) is 1. The van der Waals surface area contributed by atoms with Crippen LogP contribution in [0.4, 0.5) is 0 Å². The SMILES string of the molecule is COC(CO)C(N)C(C)(C)C. The van der Waals surface area contributed by atoms with E-state index in [2.05, 4.69) is 0 Å². The molecule has 0 aliphatic heterocycles. The molecule has 0 aliphatic rings. The lowest BCUT2D eigenvalue weighted by Gasteiger charge is -2.32. The summed E-state index contributed by atoms with van der Waals surface area (Å²) in [5.74, 6) is 0. The van der Waals surface area contributed by atoms with Gasteiger partial charge in [-0.05, 0) is 5.41 Å². The van der Waals surface area contributed by atoms with Gasteiger partial charge in [-0.15, -0.1) is 0 Å². The highest BCUT2D eigenvalue weighted by molar-refractivity contribution is 4.83. The molecule has 0 aromatic heterocycles. The lowest BCUT2D eigenvalue weighted by Crippen LogP contribution is -2.47. The second-order valence-electron chi connectivity index (χ2n) is 3.85. The fourth-order valence-electron chi connectivity index (χ4n) is 0.892. The number of rotatable bonds is 3. The Bertz CT molecular complexity index is 105. The molecule has 11 heavy (non-hydrogen) atoms. The van der Waals surface area contributed by atoms with Crippen molar-refractivity contribution in [3.63, 3.8) is 0 Å². The van der Waals surface area contributed by atoms with Crippen LogP contribution in [-0.4, -0.2) is 31.0 Å². The number of hydrogen-bond donors (Lipinski definition) is 2. The number of methoxy groups -OCH3 is 1. The Balaban J connectivity index is 4.09. The summed E-state index contributed by atoms with van der Waals surface area (Å²) >= 11 is 0. The van der Waals surface area contributed by atoms with Gasteiger partial charge >= 0.3 is 0 Å². The molecule has 0 fully saturated rings. The molecule has 0 rings (SSSR count). The van der Waals surface area contributed by atoms with E-state index in [1.54, 1.807) is 7.11 Å². The second-order valence-corrected chi connectivity index (χ2v) is 3.85. The molecule has 3 nitrogen and oxygen atoms in total. The summed E-state index contributed by atoms with van der Waals surface area (Å²) in [7, 11) is 1.56. The Morgan fingerprint density at radius 3 is 2.00 bits per heavy atom. The van der Waals surface area contributed by atoms with Crippen molar-refractivity contribution in [3.05, 3.63) is 0 Å². The number of ether oxygens (including phenoxy) is 1. The summed E-state index contributed by atoms with van der Waals surface area (Å²) in [5, 5.41) is 8.85. The lowest BCUT2D eigenvalue weighted by molar-refractivity contribution is 0.00461. The van der Waals surface area contributed by atoms with Gasteiger partial charge in [-0.25, -0.2) is 0 Å². The molecular weight excluding hydrogens is 142 g/mol. The molecule has 0 aromatic carbocycles. The van der Waals surface area contributed by atoms with Gasteiger partial charge in [0, 0.05) is 13.2 Å². The van der Waals surface area contributed by atoms with Crippen LogP contribution in [0.25, 0.3) is 0 Å². The molecule has 0 aliphatic carbocycles. The van der Waals surface area contributed by atoms with Gasteiger partial charge in [0.1, 0.15) is 0 Å². The Kier molecular flexibility index (Phi) is 4.00. The first-order chi connectivity index (χ1) is 4.93. The van der Waals surface area contributed by atoms with Crippen LogP contribution in [0.2, 0.25) is 0 Å². The molecule has 0 radical (unpaired) electrons. The monoisotopic (exact) mass is 161 g/mol. The third-order valence-electron chi connectivity index (χ3n) is 1.88. The van der Waals surface area contributed by atoms with E-state index in [4.69, 9.17) is 15.6 Å². The van der Waals surface area contributed by atoms with Gasteiger partial charge in [-0.2, -0.15) is 0 Å². The molecule has 0 saturated carbocycles. The van der Waals surface area contributed by atoms with Crippen molar-refractivity contribution in [2.75, 3.05) is 13.7 Å². The van der Waals surface area contributed by atoms with Gasteiger partial charge in [0.25, 0.3) is 0 Å². The zero-order valence-corrected chi connectivity index (χ0v) is 7.79. The van der Waals surface area contributed by atoms with Crippen LogP contribution >= 0.6 is 0 Å². The average molecular weight is 161 g/mol. The van der Waals surface area contributed by atoms with Crippen LogP contribution in [0.1, 0.15) is 20.8 Å². The highest BCUT2D eigenvalue weighted by Crippen LogP contribution is 2.20. The van der Waals surface area contributed by atoms with Crippen LogP contribution in [0, 0.1) is 5.41 Å². The molecular formula is C8H19NO2. The quantitative estimate of drug-likeness (QED) is 0.628. The standard InChI is InChI=1S/C8H19NO2/c1-8(2,3)7(9)6(5-10)11-4/h6-7,10H,5,9H2,1-4H3. The first-order valence-electron chi connectivity index (χ1n) is 3.82. The number of aliphatic hydroxyl groups excluding tert-OH is 1. The largest absolute Gasteiger partial charge is 0.394 e. The zero-order chi connectivity index (χ0) is 9.07. The van der Waals surface area contributed by atoms with E-state index in [-0.39, 0.29) is 24.2 Å². The molecule has 3 N–H and O–H groups in total. The van der Waals surface area contributed by atoms with Gasteiger partial charge in [0.15, 0.2) is 0 Å². The van der Waals surface area contributed by atoms with Crippen LogP contribution < -0.4 is 5.73 Å². The van der Waals surface area contributed by atoms with Crippen LogP contribution in [0.15, 0.2) is 0 Å². The summed E-state index contributed by atoms with van der Waals surface area (Å²) in [6, 6.07) is -0.127. The minimum atomic E-state index is -0.255. The van der Waals surface area contributed by atoms with E-state index in [0.717, 1.165) is 0 Å². The molecule has 68 valence electrons. The first-order valence-corrected chi connectivity index (χ1v) is 3.82. The van der Waals surface area contributed by atoms with Crippen molar-refractivity contribution in [1.82, 2.24) is 0 Å². The Morgan fingerprint density at radius 2 is 1.91 bits per heavy atom. The van der Waals surface area contributed by atoms with Gasteiger partial charge < -0.3 is 15.6 Å². The minimum absolute atomic E-state index is 0.0189. The number of hydrogen-bond acceptors (Lipinski definition) is 3. The molecule has 0 spiro atoms. The van der Waals surface area contributed by atoms with Gasteiger partial charge in [-0.1, -0.05) is 20.8 Å². The summed E-state index contributed by atoms with van der Waals surface area (Å²) in [4.78, 5) is 0. The fraction of sp³-hybridized carbons (Fsp3) is 1.00. The van der Waals surface area contributed by atoms with E-state index in [0.29, 0.717) is 0 Å². The van der Waals surface area contributed by atoms with E-state index < -0.39 is 0 Å². The first kappa shape index (κ1) is 10.9. The van der Waals surface area contributed by atoms with E-state index in [1.807, 2.05) is 20.8 Å². The zero-order valence-electron chi connectivity index (χ0n) is 7.79. The Hall–Kier alpha value is -0.120. The van der Waals surface area contributed by atoms with E-state index >= 15 is 0 Å². The maximum absolute atomic E-state index is 8.85. The normalized spacial score (nSPS) is 18.0. The van der Waals surface area contributed by atoms with Crippen molar-refractivity contribution < 1.29 is 9.84 Å². The molecule has 0 saturated heterocycles. The average Bonchev–Trinajstić information content (AvgIpc) is 1.88. The fourth-order valence-corrected chi connectivity index (χ4v) is 0.892. The van der Waals surface area contributed by atoms with Gasteiger partial charge in [0.05, 0.1) is 12.7 Å². The second kappa shape index (κ2) is 4.04. The van der Waals surface area contributed by atoms with Gasteiger partial charge in [-0.3, -0.25) is 0 Å². The van der Waals surface area contributed by atoms with Crippen LogP contribution in [0.3, 0.4) is 0 Å². The predicted octanol–water partition coefficient (Wildman–Crippen LogP) is 0.367. The maximum atomic E-state index is 8.85. The van der Waals surface area contributed by atoms with Crippen LogP contribution in [0.5, 0.6) is 0 Å². The highest BCUT2D eigenvalue weighted by atomic mass is 16.5.